The highest BCUT2D eigenvalue weighted by atomic mass is 16.6. The smallest absolute Gasteiger partial charge is 0.410 e. The van der Waals surface area contributed by atoms with Crippen LogP contribution in [0.3, 0.4) is 0 Å². The molecule has 0 radical (unpaired) electrons. The topological polar surface area (TPSA) is 48.0 Å². The molecule has 0 N–H and O–H groups in total. The van der Waals surface area contributed by atoms with Gasteiger partial charge in [0, 0.05) is 6.54 Å². The lowest BCUT2D eigenvalue weighted by Gasteiger charge is -2.35. The van der Waals surface area contributed by atoms with Crippen LogP contribution >= 0.6 is 0 Å². The highest BCUT2D eigenvalue weighted by molar-refractivity contribution is 5.70. The normalized spacial score (nSPS) is 16.9. The molecule has 1 aliphatic rings. The molecule has 0 saturated carbocycles. The average Bonchev–Trinajstić information content (AvgIpc) is 2.52. The van der Waals surface area contributed by atoms with Gasteiger partial charge in [-0.25, -0.2) is 4.79 Å². The Morgan fingerprint density at radius 1 is 1.38 bits per heavy atom. The number of methoxy groups -OCH3 is 2. The summed E-state index contributed by atoms with van der Waals surface area (Å²) >= 11 is 0. The Balaban J connectivity index is 2.41. The minimum atomic E-state index is -0.317. The summed E-state index contributed by atoms with van der Waals surface area (Å²) in [4.78, 5) is 13.7. The van der Waals surface area contributed by atoms with E-state index in [-0.39, 0.29) is 12.1 Å². The summed E-state index contributed by atoms with van der Waals surface area (Å²) in [5.41, 5.74) is 2.14. The molecule has 5 heteroatoms. The first kappa shape index (κ1) is 15.2. The lowest BCUT2D eigenvalue weighted by atomic mass is 9.92. The minimum absolute atomic E-state index is 0.215. The van der Waals surface area contributed by atoms with Gasteiger partial charge in [0.25, 0.3) is 0 Å². The van der Waals surface area contributed by atoms with Gasteiger partial charge in [0.15, 0.2) is 11.5 Å². The Morgan fingerprint density at radius 3 is 2.62 bits per heavy atom. The molecular weight excluding hydrogens is 270 g/mol. The summed E-state index contributed by atoms with van der Waals surface area (Å²) in [5, 5.41) is 0. The van der Waals surface area contributed by atoms with E-state index in [1.54, 1.807) is 32.1 Å². The predicted octanol–water partition coefficient (Wildman–Crippen LogP) is 2.95. The number of nitrogens with zero attached hydrogens (tertiary/aromatic N) is 1. The first-order chi connectivity index (χ1) is 10.2. The number of amides is 1. The first-order valence-electron chi connectivity index (χ1n) is 6.97. The number of carbonyl (C=O) groups is 1. The van der Waals surface area contributed by atoms with Crippen molar-refractivity contribution < 1.29 is 19.0 Å². The van der Waals surface area contributed by atoms with Gasteiger partial charge in [0.1, 0.15) is 0 Å². The van der Waals surface area contributed by atoms with Crippen molar-refractivity contribution in [1.29, 1.82) is 0 Å². The van der Waals surface area contributed by atoms with Gasteiger partial charge in [-0.1, -0.05) is 6.08 Å². The van der Waals surface area contributed by atoms with Crippen LogP contribution in [0.25, 0.3) is 0 Å². The van der Waals surface area contributed by atoms with Gasteiger partial charge >= 0.3 is 6.09 Å². The van der Waals surface area contributed by atoms with Crippen LogP contribution in [0.1, 0.15) is 24.1 Å². The quantitative estimate of drug-likeness (QED) is 0.800. The average molecular weight is 291 g/mol. The summed E-state index contributed by atoms with van der Waals surface area (Å²) in [7, 11) is 3.21. The van der Waals surface area contributed by atoms with Gasteiger partial charge < -0.3 is 14.2 Å². The fraction of sp³-hybridized carbons (Fsp3) is 0.438. The van der Waals surface area contributed by atoms with Crippen molar-refractivity contribution in [3.05, 3.63) is 35.9 Å². The summed E-state index contributed by atoms with van der Waals surface area (Å²) in [5.74, 6) is 1.34. The number of fused-ring (bicyclic) bond motifs is 1. The summed E-state index contributed by atoms with van der Waals surface area (Å²) in [6.07, 6.45) is 2.18. The van der Waals surface area contributed by atoms with Gasteiger partial charge in [-0.3, -0.25) is 4.90 Å². The van der Waals surface area contributed by atoms with Crippen molar-refractivity contribution in [1.82, 2.24) is 4.90 Å². The highest BCUT2D eigenvalue weighted by Crippen LogP contribution is 2.38. The molecule has 21 heavy (non-hydrogen) atoms. The van der Waals surface area contributed by atoms with Crippen molar-refractivity contribution >= 4 is 6.09 Å². The standard InChI is InChI=1S/C16H21NO4/c1-5-13-12-10-15(20-4)14(19-3)9-11(12)7-8-17(13)16(18)21-6-2/h5,9-10,13H,1,6-8H2,2-4H3/t13-/m1/s1. The first-order valence-corrected chi connectivity index (χ1v) is 6.97. The van der Waals surface area contributed by atoms with E-state index in [4.69, 9.17) is 14.2 Å². The van der Waals surface area contributed by atoms with Crippen molar-refractivity contribution in [2.75, 3.05) is 27.4 Å². The Morgan fingerprint density at radius 2 is 2.05 bits per heavy atom. The van der Waals surface area contributed by atoms with E-state index < -0.39 is 0 Å². The zero-order valence-corrected chi connectivity index (χ0v) is 12.7. The number of hydrogen-bond donors (Lipinski definition) is 0. The van der Waals surface area contributed by atoms with Gasteiger partial charge in [-0.05, 0) is 36.6 Å². The second-order valence-corrected chi connectivity index (χ2v) is 4.73. The second kappa shape index (κ2) is 6.52. The number of rotatable bonds is 4. The lowest BCUT2D eigenvalue weighted by molar-refractivity contribution is 0.0950. The predicted molar refractivity (Wildman–Crippen MR) is 79.9 cm³/mol. The summed E-state index contributed by atoms with van der Waals surface area (Å²) in [6, 6.07) is 3.66. The molecule has 0 aromatic heterocycles. The number of benzene rings is 1. The number of carbonyl (C=O) groups excluding carboxylic acids is 1. The van der Waals surface area contributed by atoms with E-state index in [0.29, 0.717) is 24.7 Å². The third-order valence-corrected chi connectivity index (χ3v) is 3.65. The molecule has 1 atom stereocenters. The fourth-order valence-electron chi connectivity index (χ4n) is 2.64. The molecule has 1 aromatic carbocycles. The van der Waals surface area contributed by atoms with Crippen molar-refractivity contribution in [2.45, 2.75) is 19.4 Å². The molecule has 1 heterocycles. The van der Waals surface area contributed by atoms with Crippen LogP contribution in [0, 0.1) is 0 Å². The minimum Gasteiger partial charge on any atom is -0.493 e. The third kappa shape index (κ3) is 2.82. The zero-order valence-electron chi connectivity index (χ0n) is 12.7. The Hall–Kier alpha value is -2.17. The van der Waals surface area contributed by atoms with E-state index >= 15 is 0 Å². The maximum Gasteiger partial charge on any atom is 0.410 e. The molecular formula is C16H21NO4. The van der Waals surface area contributed by atoms with Crippen LogP contribution in [0.2, 0.25) is 0 Å². The number of ether oxygens (including phenoxy) is 3. The maximum absolute atomic E-state index is 12.1. The Bertz CT molecular complexity index is 541. The number of hydrogen-bond acceptors (Lipinski definition) is 4. The molecule has 0 spiro atoms. The largest absolute Gasteiger partial charge is 0.493 e. The zero-order chi connectivity index (χ0) is 15.4. The lowest BCUT2D eigenvalue weighted by Crippen LogP contribution is -2.39. The molecule has 1 amide bonds. The molecule has 2 rings (SSSR count). The third-order valence-electron chi connectivity index (χ3n) is 3.65. The molecule has 5 nitrogen and oxygen atoms in total. The van der Waals surface area contributed by atoms with Crippen LogP contribution in [0.15, 0.2) is 24.8 Å². The summed E-state index contributed by atoms with van der Waals surface area (Å²) in [6.45, 7) is 6.61. The van der Waals surface area contributed by atoms with Crippen molar-refractivity contribution in [3.8, 4) is 11.5 Å². The summed E-state index contributed by atoms with van der Waals surface area (Å²) < 4.78 is 15.8. The van der Waals surface area contributed by atoms with E-state index in [1.807, 2.05) is 12.1 Å². The molecule has 0 bridgehead atoms. The maximum atomic E-state index is 12.1. The Kier molecular flexibility index (Phi) is 4.73. The molecule has 0 unspecified atom stereocenters. The Labute approximate surface area is 125 Å². The molecule has 0 saturated heterocycles. The van der Waals surface area contributed by atoms with Gasteiger partial charge in [-0.15, -0.1) is 6.58 Å². The molecule has 114 valence electrons. The van der Waals surface area contributed by atoms with Crippen molar-refractivity contribution in [2.24, 2.45) is 0 Å². The monoisotopic (exact) mass is 291 g/mol. The van der Waals surface area contributed by atoms with Gasteiger partial charge in [0.05, 0.1) is 26.9 Å². The SMILES string of the molecule is C=C[C@@H]1c2cc(OC)c(OC)cc2CCN1C(=O)OCC. The van der Waals surface area contributed by atoms with Crippen LogP contribution in [-0.4, -0.2) is 38.4 Å². The van der Waals surface area contributed by atoms with E-state index in [2.05, 4.69) is 6.58 Å². The van der Waals surface area contributed by atoms with Gasteiger partial charge in [0.2, 0.25) is 0 Å². The second-order valence-electron chi connectivity index (χ2n) is 4.73. The van der Waals surface area contributed by atoms with Gasteiger partial charge in [-0.2, -0.15) is 0 Å². The molecule has 1 aliphatic heterocycles. The van der Waals surface area contributed by atoms with Crippen molar-refractivity contribution in [3.63, 3.8) is 0 Å². The highest BCUT2D eigenvalue weighted by Gasteiger charge is 2.31. The molecule has 1 aromatic rings. The van der Waals surface area contributed by atoms with E-state index in [1.165, 1.54) is 0 Å². The van der Waals surface area contributed by atoms with Crippen LogP contribution in [-0.2, 0) is 11.2 Å². The van der Waals surface area contributed by atoms with E-state index in [0.717, 1.165) is 17.5 Å². The van der Waals surface area contributed by atoms with E-state index in [9.17, 15) is 4.79 Å². The molecule has 0 fully saturated rings. The fourth-order valence-corrected chi connectivity index (χ4v) is 2.64. The van der Waals surface area contributed by atoms with Crippen LogP contribution in [0.5, 0.6) is 11.5 Å². The van der Waals surface area contributed by atoms with Crippen LogP contribution in [0.4, 0.5) is 4.79 Å². The molecule has 0 aliphatic carbocycles. The van der Waals surface area contributed by atoms with Crippen LogP contribution < -0.4 is 9.47 Å².